The summed E-state index contributed by atoms with van der Waals surface area (Å²) < 4.78 is 0. The Balaban J connectivity index is 1.76. The Labute approximate surface area is 173 Å². The maximum absolute atomic E-state index is 13.2. The third-order valence-corrected chi connectivity index (χ3v) is 6.14. The van der Waals surface area contributed by atoms with Crippen molar-refractivity contribution < 1.29 is 14.4 Å². The van der Waals surface area contributed by atoms with E-state index < -0.39 is 11.6 Å². The van der Waals surface area contributed by atoms with E-state index in [9.17, 15) is 14.4 Å². The lowest BCUT2D eigenvalue weighted by molar-refractivity contribution is -0.161. The Morgan fingerprint density at radius 3 is 2.34 bits per heavy atom. The number of hydrogen-bond acceptors (Lipinski definition) is 3. The number of piperidine rings is 1. The third-order valence-electron chi connectivity index (χ3n) is 6.14. The SMILES string of the molecule is CCCN1C(=O)C(CC(C)C)NC(=O)C12CCN(C(=O)c1ccc(C)cc1)CC2. The molecule has 2 aliphatic heterocycles. The zero-order valence-corrected chi connectivity index (χ0v) is 18.0. The van der Waals surface area contributed by atoms with Crippen LogP contribution in [0.2, 0.25) is 0 Å². The first kappa shape index (κ1) is 21.3. The highest BCUT2D eigenvalue weighted by Gasteiger charge is 2.53. The Kier molecular flexibility index (Phi) is 6.30. The van der Waals surface area contributed by atoms with Crippen molar-refractivity contribution in [3.05, 3.63) is 35.4 Å². The number of likely N-dealkylation sites (tertiary alicyclic amines) is 1. The molecule has 0 saturated carbocycles. The number of piperazine rings is 1. The van der Waals surface area contributed by atoms with Gasteiger partial charge in [-0.05, 0) is 50.7 Å². The van der Waals surface area contributed by atoms with Crippen molar-refractivity contribution in [3.63, 3.8) is 0 Å². The molecule has 0 aromatic heterocycles. The number of aryl methyl sites for hydroxylation is 1. The smallest absolute Gasteiger partial charge is 0.253 e. The number of rotatable bonds is 5. The summed E-state index contributed by atoms with van der Waals surface area (Å²) in [7, 11) is 0. The number of nitrogens with zero attached hydrogens (tertiary/aromatic N) is 2. The van der Waals surface area contributed by atoms with Crippen LogP contribution in [0.5, 0.6) is 0 Å². The van der Waals surface area contributed by atoms with Crippen molar-refractivity contribution >= 4 is 17.7 Å². The number of amides is 3. The molecule has 6 heteroatoms. The van der Waals surface area contributed by atoms with E-state index in [0.29, 0.717) is 50.4 Å². The zero-order chi connectivity index (χ0) is 21.2. The number of carbonyl (C=O) groups is 3. The molecule has 1 spiro atoms. The van der Waals surface area contributed by atoms with Crippen molar-refractivity contribution in [1.29, 1.82) is 0 Å². The molecule has 0 radical (unpaired) electrons. The highest BCUT2D eigenvalue weighted by Crippen LogP contribution is 2.34. The second kappa shape index (κ2) is 8.56. The molecule has 3 amide bonds. The summed E-state index contributed by atoms with van der Waals surface area (Å²) in [5.74, 6) is 0.287. The molecule has 2 saturated heterocycles. The van der Waals surface area contributed by atoms with Crippen LogP contribution in [-0.4, -0.2) is 58.7 Å². The van der Waals surface area contributed by atoms with Crippen molar-refractivity contribution in [3.8, 4) is 0 Å². The van der Waals surface area contributed by atoms with Crippen LogP contribution >= 0.6 is 0 Å². The second-order valence-electron chi connectivity index (χ2n) is 8.84. The fourth-order valence-electron chi connectivity index (χ4n) is 4.51. The van der Waals surface area contributed by atoms with E-state index in [2.05, 4.69) is 19.2 Å². The van der Waals surface area contributed by atoms with E-state index in [1.54, 1.807) is 4.90 Å². The first-order valence-electron chi connectivity index (χ1n) is 10.8. The lowest BCUT2D eigenvalue weighted by Gasteiger charge is -2.51. The topological polar surface area (TPSA) is 69.7 Å². The summed E-state index contributed by atoms with van der Waals surface area (Å²) in [6.45, 7) is 9.66. The summed E-state index contributed by atoms with van der Waals surface area (Å²) >= 11 is 0. The molecule has 0 bridgehead atoms. The number of benzene rings is 1. The molecule has 1 unspecified atom stereocenters. The average Bonchev–Trinajstić information content (AvgIpc) is 2.70. The molecular formula is C23H33N3O3. The van der Waals surface area contributed by atoms with E-state index in [0.717, 1.165) is 12.0 Å². The van der Waals surface area contributed by atoms with Crippen LogP contribution in [0, 0.1) is 12.8 Å². The quantitative estimate of drug-likeness (QED) is 0.828. The van der Waals surface area contributed by atoms with Crippen LogP contribution in [0.4, 0.5) is 0 Å². The van der Waals surface area contributed by atoms with E-state index in [4.69, 9.17) is 0 Å². The van der Waals surface area contributed by atoms with Gasteiger partial charge in [-0.25, -0.2) is 0 Å². The molecule has 2 aliphatic rings. The molecule has 1 aromatic rings. The van der Waals surface area contributed by atoms with Crippen molar-refractivity contribution in [2.45, 2.75) is 65.0 Å². The summed E-state index contributed by atoms with van der Waals surface area (Å²) in [6.07, 6.45) is 2.42. The first-order valence-corrected chi connectivity index (χ1v) is 10.8. The highest BCUT2D eigenvalue weighted by atomic mass is 16.2. The zero-order valence-electron chi connectivity index (χ0n) is 18.0. The highest BCUT2D eigenvalue weighted by molar-refractivity contribution is 6.00. The lowest BCUT2D eigenvalue weighted by Crippen LogP contribution is -2.73. The maximum Gasteiger partial charge on any atom is 0.253 e. The molecule has 158 valence electrons. The Bertz CT molecular complexity index is 764. The van der Waals surface area contributed by atoms with Gasteiger partial charge in [0, 0.05) is 25.2 Å². The molecule has 6 nitrogen and oxygen atoms in total. The van der Waals surface area contributed by atoms with Crippen LogP contribution in [0.25, 0.3) is 0 Å². The van der Waals surface area contributed by atoms with Crippen LogP contribution < -0.4 is 5.32 Å². The standard InChI is InChI=1S/C23H33N3O3/c1-5-12-26-21(28)19(15-16(2)3)24-22(29)23(26)10-13-25(14-11-23)20(27)18-8-6-17(4)7-9-18/h6-9,16,19H,5,10-15H2,1-4H3,(H,24,29). The fraction of sp³-hybridized carbons (Fsp3) is 0.609. The molecule has 2 heterocycles. The van der Waals surface area contributed by atoms with Crippen LogP contribution in [0.1, 0.15) is 62.4 Å². The predicted molar refractivity (Wildman–Crippen MR) is 112 cm³/mol. The van der Waals surface area contributed by atoms with Gasteiger partial charge in [-0.3, -0.25) is 14.4 Å². The van der Waals surface area contributed by atoms with Gasteiger partial charge in [0.15, 0.2) is 0 Å². The Hall–Kier alpha value is -2.37. The summed E-state index contributed by atoms with van der Waals surface area (Å²) in [4.78, 5) is 42.8. The van der Waals surface area contributed by atoms with E-state index in [1.807, 2.05) is 43.0 Å². The van der Waals surface area contributed by atoms with Crippen LogP contribution in [-0.2, 0) is 9.59 Å². The number of carbonyl (C=O) groups excluding carboxylic acids is 3. The van der Waals surface area contributed by atoms with E-state index in [1.165, 1.54) is 0 Å². The molecule has 3 rings (SSSR count). The van der Waals surface area contributed by atoms with Crippen molar-refractivity contribution in [1.82, 2.24) is 15.1 Å². The molecule has 1 aromatic carbocycles. The lowest BCUT2D eigenvalue weighted by atomic mass is 9.80. The monoisotopic (exact) mass is 399 g/mol. The molecule has 1 N–H and O–H groups in total. The molecular weight excluding hydrogens is 366 g/mol. The van der Waals surface area contributed by atoms with E-state index in [-0.39, 0.29) is 17.7 Å². The largest absolute Gasteiger partial charge is 0.342 e. The van der Waals surface area contributed by atoms with Gasteiger partial charge in [0.2, 0.25) is 11.8 Å². The number of nitrogens with one attached hydrogen (secondary N) is 1. The van der Waals surface area contributed by atoms with Gasteiger partial charge in [0.1, 0.15) is 11.6 Å². The predicted octanol–water partition coefficient (Wildman–Crippen LogP) is 2.75. The van der Waals surface area contributed by atoms with Crippen molar-refractivity contribution in [2.24, 2.45) is 5.92 Å². The van der Waals surface area contributed by atoms with Gasteiger partial charge in [0.25, 0.3) is 5.91 Å². The van der Waals surface area contributed by atoms with Gasteiger partial charge in [-0.2, -0.15) is 0 Å². The van der Waals surface area contributed by atoms with Crippen LogP contribution in [0.3, 0.4) is 0 Å². The van der Waals surface area contributed by atoms with E-state index >= 15 is 0 Å². The molecule has 29 heavy (non-hydrogen) atoms. The minimum Gasteiger partial charge on any atom is -0.342 e. The van der Waals surface area contributed by atoms with Gasteiger partial charge in [0.05, 0.1) is 0 Å². The summed E-state index contributed by atoms with van der Waals surface area (Å²) in [5.41, 5.74) is 0.950. The van der Waals surface area contributed by atoms with Gasteiger partial charge in [-0.1, -0.05) is 38.5 Å². The van der Waals surface area contributed by atoms with Crippen molar-refractivity contribution in [2.75, 3.05) is 19.6 Å². The normalized spacial score (nSPS) is 21.6. The van der Waals surface area contributed by atoms with Crippen LogP contribution in [0.15, 0.2) is 24.3 Å². The first-order chi connectivity index (χ1) is 13.8. The minimum atomic E-state index is -0.829. The van der Waals surface area contributed by atoms with Gasteiger partial charge >= 0.3 is 0 Å². The third kappa shape index (κ3) is 4.16. The summed E-state index contributed by atoms with van der Waals surface area (Å²) in [5, 5.41) is 2.99. The Morgan fingerprint density at radius 2 is 1.79 bits per heavy atom. The second-order valence-corrected chi connectivity index (χ2v) is 8.84. The Morgan fingerprint density at radius 1 is 1.17 bits per heavy atom. The maximum atomic E-state index is 13.2. The van der Waals surface area contributed by atoms with Gasteiger partial charge < -0.3 is 15.1 Å². The fourth-order valence-corrected chi connectivity index (χ4v) is 4.51. The summed E-state index contributed by atoms with van der Waals surface area (Å²) in [6, 6.07) is 7.12. The van der Waals surface area contributed by atoms with Gasteiger partial charge in [-0.15, -0.1) is 0 Å². The number of hydrogen-bond donors (Lipinski definition) is 1. The molecule has 0 aliphatic carbocycles. The molecule has 2 fully saturated rings. The minimum absolute atomic E-state index is 0.0119. The molecule has 1 atom stereocenters. The average molecular weight is 400 g/mol.